The van der Waals surface area contributed by atoms with E-state index in [0.29, 0.717) is 5.95 Å². The molecule has 6 heteroatoms. The molecule has 1 atom stereocenters. The fourth-order valence-corrected chi connectivity index (χ4v) is 4.03. The lowest BCUT2D eigenvalue weighted by Gasteiger charge is -2.32. The van der Waals surface area contributed by atoms with Gasteiger partial charge < -0.3 is 10.2 Å². The van der Waals surface area contributed by atoms with E-state index in [1.165, 1.54) is 18.5 Å². The molecule has 6 nitrogen and oxygen atoms in total. The number of hydrogen-bond acceptors (Lipinski definition) is 5. The Balaban J connectivity index is 1.46. The van der Waals surface area contributed by atoms with Crippen molar-refractivity contribution in [3.05, 3.63) is 54.2 Å². The summed E-state index contributed by atoms with van der Waals surface area (Å²) in [6, 6.07) is 14.3. The average molecular weight is 372 g/mol. The van der Waals surface area contributed by atoms with Crippen molar-refractivity contribution < 1.29 is 0 Å². The number of pyridine rings is 2. The van der Waals surface area contributed by atoms with Crippen molar-refractivity contribution >= 4 is 34.0 Å². The van der Waals surface area contributed by atoms with Crippen molar-refractivity contribution in [1.82, 2.24) is 19.6 Å². The van der Waals surface area contributed by atoms with Crippen LogP contribution < -0.4 is 10.2 Å². The monoisotopic (exact) mass is 372 g/mol. The van der Waals surface area contributed by atoms with E-state index >= 15 is 0 Å². The molecule has 5 rings (SSSR count). The van der Waals surface area contributed by atoms with Crippen molar-refractivity contribution in [2.45, 2.75) is 26.7 Å². The number of fused-ring (bicyclic) bond motifs is 2. The highest BCUT2D eigenvalue weighted by Gasteiger charge is 2.18. The molecule has 28 heavy (non-hydrogen) atoms. The molecule has 4 heterocycles. The van der Waals surface area contributed by atoms with Crippen LogP contribution in [0.2, 0.25) is 0 Å². The summed E-state index contributed by atoms with van der Waals surface area (Å²) in [6.07, 6.45) is 4.65. The quantitative estimate of drug-likeness (QED) is 0.571. The maximum Gasteiger partial charge on any atom is 0.248 e. The first kappa shape index (κ1) is 17.0. The second-order valence-electron chi connectivity index (χ2n) is 7.79. The lowest BCUT2D eigenvalue weighted by molar-refractivity contribution is 0.446. The first-order valence-electron chi connectivity index (χ1n) is 9.90. The minimum atomic E-state index is 0.565. The Morgan fingerprint density at radius 2 is 2.00 bits per heavy atom. The SMILES string of the molecule is Cc1cc(N2CCCC(C)C2)cn2nc(Nc3ccc4ccccc4n3)nc12. The molecule has 0 amide bonds. The van der Waals surface area contributed by atoms with Crippen LogP contribution in [0.3, 0.4) is 0 Å². The zero-order chi connectivity index (χ0) is 19.1. The Morgan fingerprint density at radius 3 is 2.89 bits per heavy atom. The van der Waals surface area contributed by atoms with Crippen molar-refractivity contribution in [3.63, 3.8) is 0 Å². The number of aryl methyl sites for hydroxylation is 1. The van der Waals surface area contributed by atoms with Gasteiger partial charge in [0.2, 0.25) is 5.95 Å². The number of piperidine rings is 1. The van der Waals surface area contributed by atoms with Gasteiger partial charge in [-0.2, -0.15) is 4.98 Å². The van der Waals surface area contributed by atoms with Crippen molar-refractivity contribution in [1.29, 1.82) is 0 Å². The zero-order valence-electron chi connectivity index (χ0n) is 16.3. The lowest BCUT2D eigenvalue weighted by atomic mass is 10.00. The third kappa shape index (κ3) is 3.15. The van der Waals surface area contributed by atoms with Crippen LogP contribution in [-0.4, -0.2) is 32.7 Å². The van der Waals surface area contributed by atoms with Crippen LogP contribution in [0.25, 0.3) is 16.6 Å². The first-order valence-corrected chi connectivity index (χ1v) is 9.90. The summed E-state index contributed by atoms with van der Waals surface area (Å²) in [6.45, 7) is 6.63. The lowest BCUT2D eigenvalue weighted by Crippen LogP contribution is -2.34. The number of rotatable bonds is 3. The third-order valence-electron chi connectivity index (χ3n) is 5.46. The molecule has 1 saturated heterocycles. The number of benzene rings is 1. The summed E-state index contributed by atoms with van der Waals surface area (Å²) >= 11 is 0. The van der Waals surface area contributed by atoms with E-state index in [-0.39, 0.29) is 0 Å². The molecular weight excluding hydrogens is 348 g/mol. The van der Waals surface area contributed by atoms with Crippen LogP contribution in [0.5, 0.6) is 0 Å². The van der Waals surface area contributed by atoms with Crippen LogP contribution in [0.15, 0.2) is 48.7 Å². The Bertz CT molecular complexity index is 1150. The number of nitrogens with zero attached hydrogens (tertiary/aromatic N) is 5. The maximum absolute atomic E-state index is 4.67. The number of hydrogen-bond donors (Lipinski definition) is 1. The normalized spacial score (nSPS) is 17.4. The van der Waals surface area contributed by atoms with Crippen molar-refractivity contribution in [3.8, 4) is 0 Å². The molecule has 0 bridgehead atoms. The minimum Gasteiger partial charge on any atom is -0.370 e. The smallest absolute Gasteiger partial charge is 0.248 e. The predicted molar refractivity (Wildman–Crippen MR) is 113 cm³/mol. The van der Waals surface area contributed by atoms with Gasteiger partial charge in [0.1, 0.15) is 5.82 Å². The van der Waals surface area contributed by atoms with Crippen LogP contribution in [0, 0.1) is 12.8 Å². The van der Waals surface area contributed by atoms with E-state index in [1.807, 2.05) is 28.8 Å². The molecule has 1 fully saturated rings. The summed E-state index contributed by atoms with van der Waals surface area (Å²) in [5.74, 6) is 2.05. The first-order chi connectivity index (χ1) is 13.7. The summed E-state index contributed by atoms with van der Waals surface area (Å²) in [4.78, 5) is 11.8. The molecule has 1 N–H and O–H groups in total. The van der Waals surface area contributed by atoms with E-state index < -0.39 is 0 Å². The minimum absolute atomic E-state index is 0.565. The summed E-state index contributed by atoms with van der Waals surface area (Å²) in [5, 5.41) is 9.02. The fraction of sp³-hybridized carbons (Fsp3) is 0.318. The van der Waals surface area contributed by atoms with Crippen LogP contribution in [-0.2, 0) is 0 Å². The van der Waals surface area contributed by atoms with Gasteiger partial charge in [-0.1, -0.05) is 25.1 Å². The largest absolute Gasteiger partial charge is 0.370 e. The van der Waals surface area contributed by atoms with Gasteiger partial charge in [-0.15, -0.1) is 5.10 Å². The average Bonchev–Trinajstić information content (AvgIpc) is 3.11. The molecule has 1 aliphatic heterocycles. The molecular formula is C22H24N6. The zero-order valence-corrected chi connectivity index (χ0v) is 16.3. The fourth-order valence-electron chi connectivity index (χ4n) is 4.03. The number of nitrogens with one attached hydrogen (secondary N) is 1. The highest BCUT2D eigenvalue weighted by Crippen LogP contribution is 2.26. The number of anilines is 3. The van der Waals surface area contributed by atoms with Gasteiger partial charge in [0, 0.05) is 18.5 Å². The van der Waals surface area contributed by atoms with Gasteiger partial charge in [-0.25, -0.2) is 9.50 Å². The van der Waals surface area contributed by atoms with E-state index in [2.05, 4.69) is 63.5 Å². The van der Waals surface area contributed by atoms with Gasteiger partial charge in [0.15, 0.2) is 5.65 Å². The predicted octanol–water partition coefficient (Wildman–Crippen LogP) is 4.57. The Morgan fingerprint density at radius 1 is 1.11 bits per heavy atom. The molecule has 1 aliphatic rings. The van der Waals surface area contributed by atoms with E-state index in [1.54, 1.807) is 0 Å². The van der Waals surface area contributed by atoms with Crippen molar-refractivity contribution in [2.75, 3.05) is 23.3 Å². The van der Waals surface area contributed by atoms with Gasteiger partial charge >= 0.3 is 0 Å². The number of para-hydroxylation sites is 1. The van der Waals surface area contributed by atoms with Crippen LogP contribution in [0.1, 0.15) is 25.3 Å². The summed E-state index contributed by atoms with van der Waals surface area (Å²) in [5.41, 5.74) is 4.17. The van der Waals surface area contributed by atoms with E-state index in [4.69, 9.17) is 0 Å². The summed E-state index contributed by atoms with van der Waals surface area (Å²) in [7, 11) is 0. The van der Waals surface area contributed by atoms with Crippen molar-refractivity contribution in [2.24, 2.45) is 5.92 Å². The van der Waals surface area contributed by atoms with Crippen LogP contribution in [0.4, 0.5) is 17.5 Å². The highest BCUT2D eigenvalue weighted by atomic mass is 15.4. The Hall–Kier alpha value is -3.15. The van der Waals surface area contributed by atoms with Gasteiger partial charge in [-0.3, -0.25) is 0 Å². The molecule has 0 spiro atoms. The molecule has 0 radical (unpaired) electrons. The van der Waals surface area contributed by atoms with E-state index in [0.717, 1.165) is 46.9 Å². The Labute approximate surface area is 164 Å². The molecule has 3 aromatic heterocycles. The molecule has 1 unspecified atom stereocenters. The number of aromatic nitrogens is 4. The molecule has 142 valence electrons. The highest BCUT2D eigenvalue weighted by molar-refractivity contribution is 5.80. The molecule has 0 aliphatic carbocycles. The van der Waals surface area contributed by atoms with Gasteiger partial charge in [0.05, 0.1) is 17.4 Å². The van der Waals surface area contributed by atoms with Crippen LogP contribution >= 0.6 is 0 Å². The molecule has 0 saturated carbocycles. The maximum atomic E-state index is 4.67. The Kier molecular flexibility index (Phi) is 4.11. The van der Waals surface area contributed by atoms with E-state index in [9.17, 15) is 0 Å². The third-order valence-corrected chi connectivity index (χ3v) is 5.46. The van der Waals surface area contributed by atoms with Gasteiger partial charge in [-0.05, 0) is 55.5 Å². The second kappa shape index (κ2) is 6.78. The second-order valence-corrected chi connectivity index (χ2v) is 7.79. The van der Waals surface area contributed by atoms with Gasteiger partial charge in [0.25, 0.3) is 0 Å². The standard InChI is InChI=1S/C22H24N6/c1-15-6-5-11-27(13-15)18-12-16(2)21-25-22(26-28(21)14-18)24-20-10-9-17-7-3-4-8-19(17)23-20/h3-4,7-10,12,14-15H,5-6,11,13H2,1-2H3,(H,23,24,26). The molecule has 1 aromatic carbocycles. The topological polar surface area (TPSA) is 58.4 Å². The summed E-state index contributed by atoms with van der Waals surface area (Å²) < 4.78 is 1.88. The molecule has 4 aromatic rings.